The molecule has 0 radical (unpaired) electrons. The van der Waals surface area contributed by atoms with Gasteiger partial charge in [-0.15, -0.1) is 0 Å². The fraction of sp³-hybridized carbons (Fsp3) is 0.462. The summed E-state index contributed by atoms with van der Waals surface area (Å²) in [6, 6.07) is 5.66. The molecule has 1 unspecified atom stereocenters. The molecule has 1 rings (SSSR count). The second kappa shape index (κ2) is 6.26. The summed E-state index contributed by atoms with van der Waals surface area (Å²) >= 11 is 0. The monoisotopic (exact) mass is 253 g/mol. The molecular weight excluding hydrogens is 234 g/mol. The second-order valence-electron chi connectivity index (χ2n) is 4.29. The number of anilines is 1. The number of likely N-dealkylation sites (N-methyl/N-ethyl adjacent to an activating group) is 1. The topological polar surface area (TPSA) is 70.0 Å². The van der Waals surface area contributed by atoms with E-state index in [0.717, 1.165) is 17.0 Å². The molecule has 0 bridgehead atoms. The molecule has 0 aliphatic heterocycles. The minimum atomic E-state index is -0.998. The molecule has 1 aromatic carbocycles. The molecule has 0 fully saturated rings. The van der Waals surface area contributed by atoms with Crippen molar-refractivity contribution in [2.24, 2.45) is 0 Å². The average molecular weight is 253 g/mol. The van der Waals surface area contributed by atoms with Crippen molar-refractivity contribution in [2.45, 2.75) is 19.4 Å². The maximum absolute atomic E-state index is 10.5. The maximum atomic E-state index is 10.5. The SMILES string of the molecule is COc1ccc(N(C)CC(O)CC(=O)O)cc1C. The number of ether oxygens (including phenoxy) is 1. The molecule has 0 aliphatic carbocycles. The zero-order chi connectivity index (χ0) is 13.7. The Balaban J connectivity index is 2.69. The van der Waals surface area contributed by atoms with E-state index in [1.54, 1.807) is 7.11 Å². The van der Waals surface area contributed by atoms with Crippen LogP contribution in [0.1, 0.15) is 12.0 Å². The van der Waals surface area contributed by atoms with Gasteiger partial charge in [-0.25, -0.2) is 0 Å². The Bertz CT molecular complexity index is 419. The van der Waals surface area contributed by atoms with Gasteiger partial charge in [0.25, 0.3) is 0 Å². The first kappa shape index (κ1) is 14.3. The van der Waals surface area contributed by atoms with Gasteiger partial charge >= 0.3 is 5.97 Å². The summed E-state index contributed by atoms with van der Waals surface area (Å²) in [6.45, 7) is 2.21. The fourth-order valence-electron chi connectivity index (χ4n) is 1.79. The summed E-state index contributed by atoms with van der Waals surface area (Å²) in [7, 11) is 3.43. The van der Waals surface area contributed by atoms with Gasteiger partial charge in [-0.3, -0.25) is 4.79 Å². The number of aliphatic carboxylic acids is 1. The number of hydrogen-bond donors (Lipinski definition) is 2. The third-order valence-electron chi connectivity index (χ3n) is 2.71. The molecule has 18 heavy (non-hydrogen) atoms. The summed E-state index contributed by atoms with van der Waals surface area (Å²) < 4.78 is 5.17. The zero-order valence-corrected chi connectivity index (χ0v) is 10.9. The van der Waals surface area contributed by atoms with E-state index in [1.807, 2.05) is 37.1 Å². The number of carbonyl (C=O) groups is 1. The van der Waals surface area contributed by atoms with Crippen molar-refractivity contribution in [3.05, 3.63) is 23.8 Å². The minimum Gasteiger partial charge on any atom is -0.496 e. The molecule has 0 aliphatic rings. The molecule has 0 saturated carbocycles. The first-order valence-corrected chi connectivity index (χ1v) is 5.69. The Morgan fingerprint density at radius 2 is 2.17 bits per heavy atom. The number of aryl methyl sites for hydroxylation is 1. The van der Waals surface area contributed by atoms with E-state index in [1.165, 1.54) is 0 Å². The van der Waals surface area contributed by atoms with Crippen LogP contribution in [0, 0.1) is 6.92 Å². The Morgan fingerprint density at radius 3 is 2.67 bits per heavy atom. The molecule has 0 amide bonds. The lowest BCUT2D eigenvalue weighted by molar-refractivity contribution is -0.139. The average Bonchev–Trinajstić information content (AvgIpc) is 2.27. The highest BCUT2D eigenvalue weighted by Gasteiger charge is 2.13. The van der Waals surface area contributed by atoms with Crippen LogP contribution < -0.4 is 9.64 Å². The van der Waals surface area contributed by atoms with Crippen LogP contribution in [0.5, 0.6) is 5.75 Å². The van der Waals surface area contributed by atoms with E-state index < -0.39 is 12.1 Å². The summed E-state index contributed by atoms with van der Waals surface area (Å²) in [6.07, 6.45) is -1.13. The van der Waals surface area contributed by atoms with Crippen molar-refractivity contribution in [2.75, 3.05) is 25.6 Å². The molecule has 1 atom stereocenters. The van der Waals surface area contributed by atoms with Crippen LogP contribution in [-0.2, 0) is 4.79 Å². The second-order valence-corrected chi connectivity index (χ2v) is 4.29. The van der Waals surface area contributed by atoms with Gasteiger partial charge in [0.1, 0.15) is 5.75 Å². The predicted molar refractivity (Wildman–Crippen MR) is 69.3 cm³/mol. The van der Waals surface area contributed by atoms with Gasteiger partial charge in [-0.1, -0.05) is 0 Å². The lowest BCUT2D eigenvalue weighted by atomic mass is 10.1. The highest BCUT2D eigenvalue weighted by molar-refractivity contribution is 5.67. The largest absolute Gasteiger partial charge is 0.496 e. The molecule has 0 saturated heterocycles. The van der Waals surface area contributed by atoms with Crippen molar-refractivity contribution in [1.82, 2.24) is 0 Å². The molecular formula is C13H19NO4. The van der Waals surface area contributed by atoms with E-state index in [0.29, 0.717) is 0 Å². The van der Waals surface area contributed by atoms with Crippen molar-refractivity contribution >= 4 is 11.7 Å². The normalized spacial score (nSPS) is 12.0. The van der Waals surface area contributed by atoms with Crippen LogP contribution >= 0.6 is 0 Å². The van der Waals surface area contributed by atoms with Crippen LogP contribution in [0.15, 0.2) is 18.2 Å². The molecule has 0 aromatic heterocycles. The number of carboxylic acid groups (broad SMARTS) is 1. The summed E-state index contributed by atoms with van der Waals surface area (Å²) in [5, 5.41) is 18.2. The predicted octanol–water partition coefficient (Wildman–Crippen LogP) is 1.28. The smallest absolute Gasteiger partial charge is 0.306 e. The third-order valence-corrected chi connectivity index (χ3v) is 2.71. The van der Waals surface area contributed by atoms with Crippen LogP contribution in [0.3, 0.4) is 0 Å². The summed E-state index contributed by atoms with van der Waals surface area (Å²) in [5.74, 6) is -0.194. The highest BCUT2D eigenvalue weighted by atomic mass is 16.5. The lowest BCUT2D eigenvalue weighted by Gasteiger charge is -2.22. The van der Waals surface area contributed by atoms with E-state index in [9.17, 15) is 9.90 Å². The fourth-order valence-corrected chi connectivity index (χ4v) is 1.79. The number of benzene rings is 1. The molecule has 1 aromatic rings. The zero-order valence-electron chi connectivity index (χ0n) is 10.9. The van der Waals surface area contributed by atoms with Crippen LogP contribution in [0.25, 0.3) is 0 Å². The van der Waals surface area contributed by atoms with E-state index in [2.05, 4.69) is 0 Å². The van der Waals surface area contributed by atoms with Gasteiger partial charge in [-0.05, 0) is 30.7 Å². The van der Waals surface area contributed by atoms with Gasteiger partial charge in [-0.2, -0.15) is 0 Å². The number of aliphatic hydroxyl groups excluding tert-OH is 1. The lowest BCUT2D eigenvalue weighted by Crippen LogP contribution is -2.30. The summed E-state index contributed by atoms with van der Waals surface area (Å²) in [4.78, 5) is 12.3. The van der Waals surface area contributed by atoms with Crippen LogP contribution in [0.4, 0.5) is 5.69 Å². The Morgan fingerprint density at radius 1 is 1.50 bits per heavy atom. The van der Waals surface area contributed by atoms with E-state index >= 15 is 0 Å². The molecule has 5 heteroatoms. The van der Waals surface area contributed by atoms with Gasteiger partial charge in [0.2, 0.25) is 0 Å². The van der Waals surface area contributed by atoms with Crippen LogP contribution in [-0.4, -0.2) is 43.0 Å². The molecule has 100 valence electrons. The number of hydrogen-bond acceptors (Lipinski definition) is 4. The van der Waals surface area contributed by atoms with E-state index in [-0.39, 0.29) is 13.0 Å². The minimum absolute atomic E-state index is 0.251. The first-order valence-electron chi connectivity index (χ1n) is 5.69. The molecule has 0 spiro atoms. The van der Waals surface area contributed by atoms with Crippen molar-refractivity contribution in [3.63, 3.8) is 0 Å². The van der Waals surface area contributed by atoms with Gasteiger partial charge in [0, 0.05) is 19.3 Å². The Hall–Kier alpha value is -1.75. The molecule has 0 heterocycles. The van der Waals surface area contributed by atoms with Crippen molar-refractivity contribution in [1.29, 1.82) is 0 Å². The Labute approximate surface area is 107 Å². The van der Waals surface area contributed by atoms with Gasteiger partial charge in [0.15, 0.2) is 0 Å². The van der Waals surface area contributed by atoms with Gasteiger partial charge < -0.3 is 19.8 Å². The van der Waals surface area contributed by atoms with Crippen molar-refractivity contribution < 1.29 is 19.7 Å². The number of nitrogens with zero attached hydrogens (tertiary/aromatic N) is 1. The number of carboxylic acids is 1. The highest BCUT2D eigenvalue weighted by Crippen LogP contribution is 2.23. The maximum Gasteiger partial charge on any atom is 0.306 e. The van der Waals surface area contributed by atoms with E-state index in [4.69, 9.17) is 9.84 Å². The third kappa shape index (κ3) is 3.92. The molecule has 2 N–H and O–H groups in total. The standard InChI is InChI=1S/C13H19NO4/c1-9-6-10(4-5-12(9)18-3)14(2)8-11(15)7-13(16)17/h4-6,11,15H,7-8H2,1-3H3,(H,16,17). The summed E-state index contributed by atoms with van der Waals surface area (Å²) in [5.41, 5.74) is 1.91. The van der Waals surface area contributed by atoms with Crippen molar-refractivity contribution in [3.8, 4) is 5.75 Å². The first-order chi connectivity index (χ1) is 8.43. The Kier molecular flexibility index (Phi) is 4.97. The van der Waals surface area contributed by atoms with Gasteiger partial charge in [0.05, 0.1) is 19.6 Å². The van der Waals surface area contributed by atoms with Crippen LogP contribution in [0.2, 0.25) is 0 Å². The molecule has 5 nitrogen and oxygen atoms in total. The number of aliphatic hydroxyl groups is 1. The number of rotatable bonds is 6. The number of methoxy groups -OCH3 is 1. The quantitative estimate of drug-likeness (QED) is 0.799.